The van der Waals surface area contributed by atoms with Crippen LogP contribution in [0.4, 0.5) is 0 Å². The molecule has 194 valence electrons. The van der Waals surface area contributed by atoms with Crippen molar-refractivity contribution < 1.29 is 24.1 Å². The average molecular weight is 486 g/mol. The molecule has 0 bridgehead atoms. The second kappa shape index (κ2) is 8.17. The Morgan fingerprint density at radius 1 is 1.11 bits per heavy atom. The lowest BCUT2D eigenvalue weighted by Gasteiger charge is -2.54. The Balaban J connectivity index is 1.27. The lowest BCUT2D eigenvalue weighted by atomic mass is 9.52. The van der Waals surface area contributed by atoms with Crippen molar-refractivity contribution in [3.63, 3.8) is 0 Å². The van der Waals surface area contributed by atoms with Gasteiger partial charge in [0, 0.05) is 25.2 Å². The Hall–Kier alpha value is -1.16. The first kappa shape index (κ1) is 24.2. The highest BCUT2D eigenvalue weighted by atomic mass is 16.7. The number of hydrogen-bond acceptors (Lipinski definition) is 6. The second-order valence-electron chi connectivity index (χ2n) is 13.5. The van der Waals surface area contributed by atoms with Gasteiger partial charge < -0.3 is 19.3 Å². The molecule has 2 heterocycles. The summed E-state index contributed by atoms with van der Waals surface area (Å²) in [6.07, 6.45) is 8.10. The van der Waals surface area contributed by atoms with Crippen LogP contribution in [-0.2, 0) is 19.0 Å². The van der Waals surface area contributed by atoms with Gasteiger partial charge in [0.1, 0.15) is 6.10 Å². The Kier molecular flexibility index (Phi) is 5.65. The average Bonchev–Trinajstić information content (AvgIpc) is 3.30. The molecule has 0 aromatic heterocycles. The standard InChI is InChI=1S/C29H43NO5/c1-16-7-10-29(33-14-16)17(2)25-24(35-29)12-22-21-6-5-19-11-20(34-18(3)31)8-9-27(19,4)23(21)13-28(22,15-30)26(25)32/h16-17,19-26,32H,5-14H2,1-4H3/t16?,17?,19-,20?,21?,22-,23?,24?,25?,26+,27?,28-,29?/m0/s1. The Labute approximate surface area is 210 Å². The van der Waals surface area contributed by atoms with E-state index in [1.165, 1.54) is 6.92 Å². The first-order valence-electron chi connectivity index (χ1n) is 14.2. The van der Waals surface area contributed by atoms with E-state index in [0.29, 0.717) is 30.3 Å². The van der Waals surface area contributed by atoms with Crippen LogP contribution in [0.2, 0.25) is 0 Å². The van der Waals surface area contributed by atoms with Crippen LogP contribution in [0.25, 0.3) is 0 Å². The number of aliphatic hydroxyl groups is 1. The van der Waals surface area contributed by atoms with E-state index in [0.717, 1.165) is 57.8 Å². The fourth-order valence-corrected chi connectivity index (χ4v) is 10.1. The van der Waals surface area contributed by atoms with Crippen LogP contribution in [0, 0.1) is 63.6 Å². The third-order valence-electron chi connectivity index (χ3n) is 12.0. The summed E-state index contributed by atoms with van der Waals surface area (Å²) in [6, 6.07) is 2.75. The lowest BCUT2D eigenvalue weighted by Crippen LogP contribution is -2.53. The van der Waals surface area contributed by atoms with Gasteiger partial charge in [0.15, 0.2) is 5.79 Å². The third-order valence-corrected chi connectivity index (χ3v) is 12.0. The minimum absolute atomic E-state index is 0.0242. The summed E-state index contributed by atoms with van der Waals surface area (Å²) in [4.78, 5) is 11.6. The van der Waals surface area contributed by atoms with E-state index in [1.807, 2.05) is 0 Å². The van der Waals surface area contributed by atoms with Gasteiger partial charge in [-0.3, -0.25) is 4.79 Å². The molecule has 0 amide bonds. The number of carbonyl (C=O) groups is 1. The number of nitrogens with zero attached hydrogens (tertiary/aromatic N) is 1. The maximum atomic E-state index is 12.0. The zero-order valence-corrected chi connectivity index (χ0v) is 21.9. The van der Waals surface area contributed by atoms with Crippen LogP contribution in [0.15, 0.2) is 0 Å². The van der Waals surface area contributed by atoms with Gasteiger partial charge in [-0.15, -0.1) is 0 Å². The van der Waals surface area contributed by atoms with E-state index in [4.69, 9.17) is 14.2 Å². The molecule has 6 heteroatoms. The highest BCUT2D eigenvalue weighted by Gasteiger charge is 2.71. The molecule has 2 aliphatic heterocycles. The summed E-state index contributed by atoms with van der Waals surface area (Å²) >= 11 is 0. The molecule has 35 heavy (non-hydrogen) atoms. The third kappa shape index (κ3) is 3.33. The number of fused-ring (bicyclic) bond motifs is 6. The van der Waals surface area contributed by atoms with Gasteiger partial charge in [-0.25, -0.2) is 0 Å². The van der Waals surface area contributed by atoms with Crippen molar-refractivity contribution in [2.24, 2.45) is 52.3 Å². The molecule has 1 N–H and O–H groups in total. The zero-order chi connectivity index (χ0) is 24.8. The smallest absolute Gasteiger partial charge is 0.302 e. The molecular weight excluding hydrogens is 442 g/mol. The number of ether oxygens (including phenoxy) is 3. The molecule has 6 fully saturated rings. The van der Waals surface area contributed by atoms with Gasteiger partial charge in [0.25, 0.3) is 0 Å². The molecule has 13 atom stereocenters. The Morgan fingerprint density at radius 2 is 1.91 bits per heavy atom. The summed E-state index contributed by atoms with van der Waals surface area (Å²) in [6.45, 7) is 9.06. The van der Waals surface area contributed by atoms with Gasteiger partial charge in [-0.2, -0.15) is 5.26 Å². The maximum absolute atomic E-state index is 12.0. The molecule has 0 aromatic carbocycles. The Bertz CT molecular complexity index is 907. The minimum atomic E-state index is -0.688. The Morgan fingerprint density at radius 3 is 2.60 bits per heavy atom. The number of rotatable bonds is 1. The largest absolute Gasteiger partial charge is 0.463 e. The SMILES string of the molecule is CC(=O)OC1CCC2(C)C3C[C@@]4(C#N)[C@H](O)C5C(C[C@H]4C3CC[C@H]2C1)OC1(CCC(C)CO1)C5C. The molecule has 9 unspecified atom stereocenters. The molecule has 4 saturated carbocycles. The van der Waals surface area contributed by atoms with Crippen LogP contribution < -0.4 is 0 Å². The normalized spacial score (nSPS) is 56.9. The van der Waals surface area contributed by atoms with Crippen molar-refractivity contribution in [2.75, 3.05) is 6.61 Å². The highest BCUT2D eigenvalue weighted by Crippen LogP contribution is 2.70. The quantitative estimate of drug-likeness (QED) is 0.535. The van der Waals surface area contributed by atoms with E-state index in [1.54, 1.807) is 0 Å². The van der Waals surface area contributed by atoms with Crippen molar-refractivity contribution in [1.29, 1.82) is 5.26 Å². The van der Waals surface area contributed by atoms with Crippen molar-refractivity contribution in [2.45, 2.75) is 110 Å². The van der Waals surface area contributed by atoms with E-state index < -0.39 is 17.3 Å². The van der Waals surface area contributed by atoms with E-state index in [9.17, 15) is 15.2 Å². The summed E-state index contributed by atoms with van der Waals surface area (Å²) in [5, 5.41) is 22.7. The van der Waals surface area contributed by atoms with Crippen LogP contribution in [-0.4, -0.2) is 41.8 Å². The number of hydrogen-bond donors (Lipinski definition) is 1. The van der Waals surface area contributed by atoms with E-state index in [-0.39, 0.29) is 41.3 Å². The van der Waals surface area contributed by atoms with Crippen molar-refractivity contribution in [1.82, 2.24) is 0 Å². The molecule has 4 aliphatic carbocycles. The van der Waals surface area contributed by atoms with Gasteiger partial charge in [-0.1, -0.05) is 20.8 Å². The highest BCUT2D eigenvalue weighted by molar-refractivity contribution is 5.66. The van der Waals surface area contributed by atoms with Gasteiger partial charge in [0.2, 0.25) is 0 Å². The van der Waals surface area contributed by atoms with Crippen molar-refractivity contribution in [3.05, 3.63) is 0 Å². The number of nitriles is 1. The summed E-state index contributed by atoms with van der Waals surface area (Å²) in [7, 11) is 0. The van der Waals surface area contributed by atoms with E-state index in [2.05, 4.69) is 26.8 Å². The molecule has 6 aliphatic rings. The van der Waals surface area contributed by atoms with E-state index >= 15 is 0 Å². The molecular formula is C29H43NO5. The molecule has 6 rings (SSSR count). The van der Waals surface area contributed by atoms with Crippen LogP contribution in [0.5, 0.6) is 0 Å². The monoisotopic (exact) mass is 485 g/mol. The van der Waals surface area contributed by atoms with Gasteiger partial charge in [-0.05, 0) is 86.4 Å². The molecule has 6 nitrogen and oxygen atoms in total. The van der Waals surface area contributed by atoms with Gasteiger partial charge in [0.05, 0.1) is 30.3 Å². The first-order chi connectivity index (χ1) is 16.6. The topological polar surface area (TPSA) is 88.8 Å². The summed E-state index contributed by atoms with van der Waals surface area (Å²) in [5.74, 6) is 1.42. The predicted molar refractivity (Wildman–Crippen MR) is 129 cm³/mol. The van der Waals surface area contributed by atoms with Crippen LogP contribution in [0.1, 0.15) is 85.5 Å². The molecule has 0 aromatic rings. The zero-order valence-electron chi connectivity index (χ0n) is 21.9. The maximum Gasteiger partial charge on any atom is 0.302 e. The summed E-state index contributed by atoms with van der Waals surface area (Å²) < 4.78 is 18.7. The number of esters is 1. The lowest BCUT2D eigenvalue weighted by molar-refractivity contribution is -0.271. The minimum Gasteiger partial charge on any atom is -0.463 e. The van der Waals surface area contributed by atoms with Crippen LogP contribution >= 0.6 is 0 Å². The van der Waals surface area contributed by atoms with Crippen molar-refractivity contribution >= 4 is 5.97 Å². The first-order valence-corrected chi connectivity index (χ1v) is 14.2. The molecule has 2 saturated heterocycles. The van der Waals surface area contributed by atoms with Gasteiger partial charge >= 0.3 is 5.97 Å². The summed E-state index contributed by atoms with van der Waals surface area (Å²) in [5.41, 5.74) is -0.544. The molecule has 1 spiro atoms. The predicted octanol–water partition coefficient (Wildman–Crippen LogP) is 4.84. The fraction of sp³-hybridized carbons (Fsp3) is 0.931. The number of aliphatic hydroxyl groups excluding tert-OH is 1. The van der Waals surface area contributed by atoms with Crippen molar-refractivity contribution in [3.8, 4) is 6.07 Å². The fourth-order valence-electron chi connectivity index (χ4n) is 10.1. The number of carbonyl (C=O) groups excluding carboxylic acids is 1. The second-order valence-corrected chi connectivity index (χ2v) is 13.5. The molecule has 0 radical (unpaired) electrons. The van der Waals surface area contributed by atoms with Crippen LogP contribution in [0.3, 0.4) is 0 Å².